The van der Waals surface area contributed by atoms with Crippen molar-refractivity contribution < 1.29 is 9.84 Å². The van der Waals surface area contributed by atoms with E-state index in [1.165, 1.54) is 6.42 Å². The molecule has 1 saturated heterocycles. The monoisotopic (exact) mass is 218 g/mol. The van der Waals surface area contributed by atoms with Crippen LogP contribution in [0.4, 0.5) is 0 Å². The summed E-state index contributed by atoms with van der Waals surface area (Å²) in [7, 11) is 0. The fourth-order valence-electron chi connectivity index (χ4n) is 2.19. The SMILES string of the molecule is Oc1ccc2c(c1)ncn2C1CCCCO1. The molecule has 2 heterocycles. The van der Waals surface area contributed by atoms with Gasteiger partial charge in [0.15, 0.2) is 0 Å². The maximum Gasteiger partial charge on any atom is 0.135 e. The van der Waals surface area contributed by atoms with E-state index in [1.54, 1.807) is 18.5 Å². The van der Waals surface area contributed by atoms with E-state index in [2.05, 4.69) is 4.98 Å². The Bertz CT molecular complexity index is 501. The zero-order valence-electron chi connectivity index (χ0n) is 8.97. The van der Waals surface area contributed by atoms with E-state index in [0.29, 0.717) is 0 Å². The minimum absolute atomic E-state index is 0.100. The average Bonchev–Trinajstić information content (AvgIpc) is 2.73. The molecule has 1 aliphatic rings. The number of ether oxygens (including phenoxy) is 1. The highest BCUT2D eigenvalue weighted by Gasteiger charge is 2.17. The Kier molecular flexibility index (Phi) is 2.29. The first-order valence-electron chi connectivity index (χ1n) is 5.62. The number of aromatic nitrogens is 2. The third-order valence-corrected chi connectivity index (χ3v) is 3.02. The first-order valence-corrected chi connectivity index (χ1v) is 5.62. The number of rotatable bonds is 1. The molecule has 84 valence electrons. The lowest BCUT2D eigenvalue weighted by Gasteiger charge is -2.24. The van der Waals surface area contributed by atoms with Crippen LogP contribution in [0.15, 0.2) is 24.5 Å². The lowest BCUT2D eigenvalue weighted by molar-refractivity contribution is -0.0295. The van der Waals surface area contributed by atoms with Gasteiger partial charge < -0.3 is 14.4 Å². The van der Waals surface area contributed by atoms with Crippen molar-refractivity contribution in [3.63, 3.8) is 0 Å². The number of nitrogens with zero attached hydrogens (tertiary/aromatic N) is 2. The van der Waals surface area contributed by atoms with Crippen molar-refractivity contribution in [2.24, 2.45) is 0 Å². The fraction of sp³-hybridized carbons (Fsp3) is 0.417. The molecule has 4 nitrogen and oxygen atoms in total. The highest BCUT2D eigenvalue weighted by atomic mass is 16.5. The van der Waals surface area contributed by atoms with Crippen molar-refractivity contribution in [2.75, 3.05) is 6.61 Å². The first kappa shape index (κ1) is 9.66. The van der Waals surface area contributed by atoms with Crippen LogP contribution in [0.2, 0.25) is 0 Å². The summed E-state index contributed by atoms with van der Waals surface area (Å²) in [6, 6.07) is 5.24. The summed E-state index contributed by atoms with van der Waals surface area (Å²) in [6.07, 6.45) is 5.27. The second-order valence-corrected chi connectivity index (χ2v) is 4.15. The second kappa shape index (κ2) is 3.79. The summed E-state index contributed by atoms with van der Waals surface area (Å²) >= 11 is 0. The number of fused-ring (bicyclic) bond motifs is 1. The standard InChI is InChI=1S/C12H14N2O2/c15-9-4-5-11-10(7-9)13-8-14(11)12-3-1-2-6-16-12/h4-5,7-8,12,15H,1-3,6H2. The molecule has 0 radical (unpaired) electrons. The summed E-state index contributed by atoms with van der Waals surface area (Å²) in [5, 5.41) is 9.37. The largest absolute Gasteiger partial charge is 0.508 e. The van der Waals surface area contributed by atoms with Gasteiger partial charge in [0.2, 0.25) is 0 Å². The maximum atomic E-state index is 9.37. The van der Waals surface area contributed by atoms with Crippen LogP contribution in [0.1, 0.15) is 25.5 Å². The topological polar surface area (TPSA) is 47.3 Å². The van der Waals surface area contributed by atoms with Gasteiger partial charge in [-0.2, -0.15) is 0 Å². The van der Waals surface area contributed by atoms with Crippen LogP contribution in [0.5, 0.6) is 5.75 Å². The van der Waals surface area contributed by atoms with Gasteiger partial charge in [-0.1, -0.05) is 0 Å². The summed E-state index contributed by atoms with van der Waals surface area (Å²) in [6.45, 7) is 0.822. The zero-order valence-corrected chi connectivity index (χ0v) is 8.97. The third-order valence-electron chi connectivity index (χ3n) is 3.02. The van der Waals surface area contributed by atoms with E-state index in [9.17, 15) is 5.11 Å². The quantitative estimate of drug-likeness (QED) is 0.799. The van der Waals surface area contributed by atoms with Gasteiger partial charge in [-0.3, -0.25) is 0 Å². The van der Waals surface area contributed by atoms with Gasteiger partial charge in [0.1, 0.15) is 12.0 Å². The average molecular weight is 218 g/mol. The summed E-state index contributed by atoms with van der Waals surface area (Å²) in [4.78, 5) is 4.28. The van der Waals surface area contributed by atoms with Gasteiger partial charge >= 0.3 is 0 Å². The van der Waals surface area contributed by atoms with Crippen LogP contribution in [0, 0.1) is 0 Å². The Hall–Kier alpha value is -1.55. The molecular formula is C12H14N2O2. The predicted molar refractivity (Wildman–Crippen MR) is 60.2 cm³/mol. The number of phenolic OH excluding ortho intramolecular Hbond substituents is 1. The molecule has 1 aromatic heterocycles. The van der Waals surface area contributed by atoms with Crippen LogP contribution in [-0.2, 0) is 4.74 Å². The molecule has 3 rings (SSSR count). The highest BCUT2D eigenvalue weighted by Crippen LogP contribution is 2.27. The molecule has 0 amide bonds. The fourth-order valence-corrected chi connectivity index (χ4v) is 2.19. The Morgan fingerprint density at radius 2 is 2.31 bits per heavy atom. The van der Waals surface area contributed by atoms with Gasteiger partial charge in [-0.25, -0.2) is 4.98 Å². The molecule has 1 aromatic carbocycles. The number of hydrogen-bond donors (Lipinski definition) is 1. The van der Waals surface area contributed by atoms with Gasteiger partial charge in [0.05, 0.1) is 17.4 Å². The molecule has 16 heavy (non-hydrogen) atoms. The lowest BCUT2D eigenvalue weighted by atomic mass is 10.2. The van der Waals surface area contributed by atoms with E-state index in [0.717, 1.165) is 30.5 Å². The molecule has 2 aromatic rings. The van der Waals surface area contributed by atoms with Crippen LogP contribution in [0.25, 0.3) is 11.0 Å². The van der Waals surface area contributed by atoms with Crippen molar-refractivity contribution in [3.8, 4) is 5.75 Å². The zero-order chi connectivity index (χ0) is 11.0. The van der Waals surface area contributed by atoms with Crippen molar-refractivity contribution in [3.05, 3.63) is 24.5 Å². The molecule has 1 unspecified atom stereocenters. The number of benzene rings is 1. The minimum Gasteiger partial charge on any atom is -0.508 e. The number of aromatic hydroxyl groups is 1. The van der Waals surface area contributed by atoms with Crippen LogP contribution < -0.4 is 0 Å². The smallest absolute Gasteiger partial charge is 0.135 e. The minimum atomic E-state index is 0.100. The number of imidazole rings is 1. The Morgan fingerprint density at radius 1 is 1.38 bits per heavy atom. The Labute approximate surface area is 93.5 Å². The summed E-state index contributed by atoms with van der Waals surface area (Å²) < 4.78 is 7.77. The van der Waals surface area contributed by atoms with Crippen molar-refractivity contribution in [1.82, 2.24) is 9.55 Å². The normalized spacial score (nSPS) is 21.4. The van der Waals surface area contributed by atoms with Crippen molar-refractivity contribution >= 4 is 11.0 Å². The van der Waals surface area contributed by atoms with Crippen molar-refractivity contribution in [2.45, 2.75) is 25.5 Å². The molecule has 1 fully saturated rings. The molecule has 0 saturated carbocycles. The van der Waals surface area contributed by atoms with E-state index in [-0.39, 0.29) is 12.0 Å². The van der Waals surface area contributed by atoms with Crippen LogP contribution in [0.3, 0.4) is 0 Å². The summed E-state index contributed by atoms with van der Waals surface area (Å²) in [5.41, 5.74) is 1.83. The molecule has 4 heteroatoms. The van der Waals surface area contributed by atoms with Gasteiger partial charge in [0.25, 0.3) is 0 Å². The Balaban J connectivity index is 2.03. The van der Waals surface area contributed by atoms with Gasteiger partial charge in [-0.05, 0) is 31.4 Å². The third kappa shape index (κ3) is 1.55. The number of hydrogen-bond acceptors (Lipinski definition) is 3. The molecule has 1 N–H and O–H groups in total. The van der Waals surface area contributed by atoms with E-state index >= 15 is 0 Å². The molecular weight excluding hydrogens is 204 g/mol. The first-order chi connectivity index (χ1) is 7.84. The lowest BCUT2D eigenvalue weighted by Crippen LogP contribution is -2.17. The van der Waals surface area contributed by atoms with E-state index < -0.39 is 0 Å². The van der Waals surface area contributed by atoms with Gasteiger partial charge in [0, 0.05) is 12.7 Å². The van der Waals surface area contributed by atoms with Crippen LogP contribution >= 0.6 is 0 Å². The second-order valence-electron chi connectivity index (χ2n) is 4.15. The van der Waals surface area contributed by atoms with E-state index in [1.807, 2.05) is 10.6 Å². The number of phenols is 1. The highest BCUT2D eigenvalue weighted by molar-refractivity contribution is 5.76. The molecule has 0 bridgehead atoms. The predicted octanol–water partition coefficient (Wildman–Crippen LogP) is 2.44. The molecule has 0 spiro atoms. The Morgan fingerprint density at radius 3 is 3.12 bits per heavy atom. The summed E-state index contributed by atoms with van der Waals surface area (Å²) in [5.74, 6) is 0.252. The molecule has 0 aliphatic carbocycles. The maximum absolute atomic E-state index is 9.37. The van der Waals surface area contributed by atoms with Crippen LogP contribution in [-0.4, -0.2) is 21.3 Å². The molecule has 1 aliphatic heterocycles. The molecule has 1 atom stereocenters. The van der Waals surface area contributed by atoms with E-state index in [4.69, 9.17) is 4.74 Å². The van der Waals surface area contributed by atoms with Crippen molar-refractivity contribution in [1.29, 1.82) is 0 Å². The van der Waals surface area contributed by atoms with Gasteiger partial charge in [-0.15, -0.1) is 0 Å².